The molecule has 0 amide bonds. The van der Waals surface area contributed by atoms with Crippen LogP contribution in [0.5, 0.6) is 0 Å². The third-order valence-corrected chi connectivity index (χ3v) is 3.21. The Hall–Kier alpha value is -0.840. The molecule has 1 unspecified atom stereocenters. The molecular formula is C11H8BrClFNO. The van der Waals surface area contributed by atoms with Crippen molar-refractivity contribution in [2.24, 2.45) is 5.73 Å². The van der Waals surface area contributed by atoms with Gasteiger partial charge in [0.1, 0.15) is 11.6 Å². The molecule has 1 aromatic heterocycles. The van der Waals surface area contributed by atoms with E-state index in [4.69, 9.17) is 21.8 Å². The van der Waals surface area contributed by atoms with Crippen LogP contribution in [0.3, 0.4) is 0 Å². The normalized spacial score (nSPS) is 12.8. The van der Waals surface area contributed by atoms with Crippen molar-refractivity contribution in [2.45, 2.75) is 6.04 Å². The third kappa shape index (κ3) is 2.14. The first kappa shape index (κ1) is 11.6. The fourth-order valence-electron chi connectivity index (χ4n) is 1.42. The Morgan fingerprint density at radius 2 is 2.12 bits per heavy atom. The quantitative estimate of drug-likeness (QED) is 0.914. The second-order valence-corrected chi connectivity index (χ2v) is 4.54. The maximum atomic E-state index is 12.9. The van der Waals surface area contributed by atoms with E-state index in [1.165, 1.54) is 18.4 Å². The second kappa shape index (κ2) is 4.57. The molecule has 2 N–H and O–H groups in total. The van der Waals surface area contributed by atoms with Crippen molar-refractivity contribution in [2.75, 3.05) is 0 Å². The van der Waals surface area contributed by atoms with Crippen LogP contribution >= 0.6 is 27.5 Å². The smallest absolute Gasteiger partial charge is 0.139 e. The van der Waals surface area contributed by atoms with Gasteiger partial charge in [0, 0.05) is 5.02 Å². The Bertz CT molecular complexity index is 514. The largest absolute Gasteiger partial charge is 0.466 e. The van der Waals surface area contributed by atoms with Gasteiger partial charge in [0.15, 0.2) is 0 Å². The van der Waals surface area contributed by atoms with Crippen molar-refractivity contribution < 1.29 is 8.81 Å². The van der Waals surface area contributed by atoms with E-state index in [2.05, 4.69) is 15.9 Å². The molecule has 16 heavy (non-hydrogen) atoms. The van der Waals surface area contributed by atoms with Gasteiger partial charge in [-0.25, -0.2) is 4.39 Å². The molecule has 0 radical (unpaired) electrons. The lowest BCUT2D eigenvalue weighted by Gasteiger charge is -2.11. The lowest BCUT2D eigenvalue weighted by Crippen LogP contribution is -2.12. The summed E-state index contributed by atoms with van der Waals surface area (Å²) in [5, 5.41) is 0.288. The van der Waals surface area contributed by atoms with Gasteiger partial charge in [0.25, 0.3) is 0 Å². The summed E-state index contributed by atoms with van der Waals surface area (Å²) in [4.78, 5) is 0. The third-order valence-electron chi connectivity index (χ3n) is 2.22. The summed E-state index contributed by atoms with van der Waals surface area (Å²) in [7, 11) is 0. The predicted octanol–water partition coefficient (Wildman–Crippen LogP) is 3.88. The zero-order valence-electron chi connectivity index (χ0n) is 8.08. The van der Waals surface area contributed by atoms with Crippen molar-refractivity contribution in [1.29, 1.82) is 0 Å². The maximum Gasteiger partial charge on any atom is 0.139 e. The van der Waals surface area contributed by atoms with Crippen LogP contribution in [0.15, 0.2) is 39.4 Å². The Morgan fingerprint density at radius 1 is 1.38 bits per heavy atom. The molecule has 1 aromatic carbocycles. The fraction of sp³-hybridized carbons (Fsp3) is 0.0909. The van der Waals surface area contributed by atoms with Crippen LogP contribution in [0.4, 0.5) is 4.39 Å². The Kier molecular flexibility index (Phi) is 3.33. The van der Waals surface area contributed by atoms with Gasteiger partial charge in [0.05, 0.1) is 16.8 Å². The Morgan fingerprint density at radius 3 is 2.69 bits per heavy atom. The van der Waals surface area contributed by atoms with Crippen LogP contribution in [0.1, 0.15) is 17.4 Å². The summed E-state index contributed by atoms with van der Waals surface area (Å²) >= 11 is 9.23. The molecule has 0 aliphatic rings. The number of furan rings is 1. The van der Waals surface area contributed by atoms with Gasteiger partial charge in [0.2, 0.25) is 0 Å². The summed E-state index contributed by atoms with van der Waals surface area (Å²) in [5.41, 5.74) is 6.61. The SMILES string of the molecule is NC(c1ccc(F)cc1Cl)c1occc1Br. The van der Waals surface area contributed by atoms with Crippen LogP contribution < -0.4 is 5.73 Å². The molecule has 2 rings (SSSR count). The van der Waals surface area contributed by atoms with Gasteiger partial charge in [-0.1, -0.05) is 17.7 Å². The van der Waals surface area contributed by atoms with Gasteiger partial charge in [-0.05, 0) is 39.7 Å². The fourth-order valence-corrected chi connectivity index (χ4v) is 2.16. The molecule has 1 atom stereocenters. The Labute approximate surface area is 105 Å². The number of nitrogens with two attached hydrogens (primary N) is 1. The van der Waals surface area contributed by atoms with Crippen LogP contribution in [0, 0.1) is 5.82 Å². The molecule has 0 aliphatic carbocycles. The number of rotatable bonds is 2. The minimum atomic E-state index is -0.516. The average molecular weight is 305 g/mol. The van der Waals surface area contributed by atoms with Gasteiger partial charge in [-0.15, -0.1) is 0 Å². The minimum absolute atomic E-state index is 0.288. The highest BCUT2D eigenvalue weighted by atomic mass is 79.9. The molecule has 0 saturated carbocycles. The molecule has 5 heteroatoms. The topological polar surface area (TPSA) is 39.2 Å². The molecule has 84 valence electrons. The number of benzene rings is 1. The first-order chi connectivity index (χ1) is 7.59. The van der Waals surface area contributed by atoms with E-state index in [1.54, 1.807) is 12.1 Å². The highest BCUT2D eigenvalue weighted by Gasteiger charge is 2.18. The van der Waals surface area contributed by atoms with Gasteiger partial charge in [-0.3, -0.25) is 0 Å². The van der Waals surface area contributed by atoms with Crippen LogP contribution in [-0.2, 0) is 0 Å². The number of halogens is 3. The monoisotopic (exact) mass is 303 g/mol. The van der Waals surface area contributed by atoms with E-state index in [1.807, 2.05) is 0 Å². The summed E-state index contributed by atoms with van der Waals surface area (Å²) < 4.78 is 18.9. The average Bonchev–Trinajstić information content (AvgIpc) is 2.63. The minimum Gasteiger partial charge on any atom is -0.466 e. The van der Waals surface area contributed by atoms with Crippen molar-refractivity contribution in [3.8, 4) is 0 Å². The van der Waals surface area contributed by atoms with Gasteiger partial charge in [-0.2, -0.15) is 0 Å². The van der Waals surface area contributed by atoms with E-state index in [0.29, 0.717) is 11.3 Å². The first-order valence-electron chi connectivity index (χ1n) is 4.53. The van der Waals surface area contributed by atoms with Gasteiger partial charge < -0.3 is 10.2 Å². The van der Waals surface area contributed by atoms with Gasteiger partial charge >= 0.3 is 0 Å². The number of hydrogen-bond donors (Lipinski definition) is 1. The summed E-state index contributed by atoms with van der Waals surface area (Å²) in [6.07, 6.45) is 1.52. The van der Waals surface area contributed by atoms with E-state index < -0.39 is 6.04 Å². The number of hydrogen-bond acceptors (Lipinski definition) is 2. The van der Waals surface area contributed by atoms with Crippen molar-refractivity contribution >= 4 is 27.5 Å². The zero-order valence-corrected chi connectivity index (χ0v) is 10.4. The van der Waals surface area contributed by atoms with E-state index in [9.17, 15) is 4.39 Å². The molecular weight excluding hydrogens is 296 g/mol. The molecule has 0 bridgehead atoms. The molecule has 1 heterocycles. The van der Waals surface area contributed by atoms with Crippen molar-refractivity contribution in [1.82, 2.24) is 0 Å². The lowest BCUT2D eigenvalue weighted by atomic mass is 10.1. The lowest BCUT2D eigenvalue weighted by molar-refractivity contribution is 0.487. The standard InChI is InChI=1S/C11H8BrClFNO/c12-8-3-4-16-11(8)10(15)7-2-1-6(14)5-9(7)13/h1-5,10H,15H2. The van der Waals surface area contributed by atoms with Crippen molar-refractivity contribution in [3.63, 3.8) is 0 Å². The molecule has 0 spiro atoms. The highest BCUT2D eigenvalue weighted by Crippen LogP contribution is 2.31. The summed E-state index contributed by atoms with van der Waals surface area (Å²) in [6, 6.07) is 5.33. The first-order valence-corrected chi connectivity index (χ1v) is 5.70. The summed E-state index contributed by atoms with van der Waals surface area (Å²) in [5.74, 6) is 0.174. The summed E-state index contributed by atoms with van der Waals surface area (Å²) in [6.45, 7) is 0. The molecule has 0 fully saturated rings. The Balaban J connectivity index is 2.41. The molecule has 0 aliphatic heterocycles. The predicted molar refractivity (Wildman–Crippen MR) is 63.8 cm³/mol. The molecule has 0 saturated heterocycles. The molecule has 2 nitrogen and oxygen atoms in total. The van der Waals surface area contributed by atoms with E-state index in [-0.39, 0.29) is 10.8 Å². The van der Waals surface area contributed by atoms with Crippen LogP contribution in [0.25, 0.3) is 0 Å². The van der Waals surface area contributed by atoms with E-state index in [0.717, 1.165) is 4.47 Å². The second-order valence-electron chi connectivity index (χ2n) is 3.28. The van der Waals surface area contributed by atoms with E-state index >= 15 is 0 Å². The van der Waals surface area contributed by atoms with Crippen LogP contribution in [0.2, 0.25) is 5.02 Å². The maximum absolute atomic E-state index is 12.9. The zero-order chi connectivity index (χ0) is 11.7. The van der Waals surface area contributed by atoms with Crippen molar-refractivity contribution in [3.05, 3.63) is 57.2 Å². The highest BCUT2D eigenvalue weighted by molar-refractivity contribution is 9.10. The van der Waals surface area contributed by atoms with Crippen LogP contribution in [-0.4, -0.2) is 0 Å². The molecule has 2 aromatic rings.